The molecular formula is C24H23Cl2N5O. The van der Waals surface area contributed by atoms with Gasteiger partial charge in [0.2, 0.25) is 0 Å². The molecule has 0 aliphatic heterocycles. The summed E-state index contributed by atoms with van der Waals surface area (Å²) in [6.45, 7) is 7.14. The molecule has 0 aliphatic rings. The number of hydrogen-bond donors (Lipinski definition) is 1. The van der Waals surface area contributed by atoms with Gasteiger partial charge in [-0.25, -0.2) is 0 Å². The predicted octanol–water partition coefficient (Wildman–Crippen LogP) is 5.66. The Bertz CT molecular complexity index is 1270. The van der Waals surface area contributed by atoms with Crippen molar-refractivity contribution in [3.05, 3.63) is 98.4 Å². The lowest BCUT2D eigenvalue weighted by Crippen LogP contribution is -2.13. The largest absolute Gasteiger partial charge is 0.305 e. The van der Waals surface area contributed by atoms with Crippen LogP contribution in [-0.4, -0.2) is 25.5 Å². The van der Waals surface area contributed by atoms with Crippen molar-refractivity contribution in [3.63, 3.8) is 0 Å². The summed E-state index contributed by atoms with van der Waals surface area (Å²) in [4.78, 5) is 12.7. The molecule has 0 radical (unpaired) electrons. The molecule has 4 aromatic rings. The molecule has 4 rings (SSSR count). The number of benzene rings is 2. The van der Waals surface area contributed by atoms with Crippen LogP contribution in [0.15, 0.2) is 54.6 Å². The van der Waals surface area contributed by atoms with Crippen molar-refractivity contribution in [1.29, 1.82) is 0 Å². The summed E-state index contributed by atoms with van der Waals surface area (Å²) in [5.41, 5.74) is 5.64. The predicted molar refractivity (Wildman–Crippen MR) is 128 cm³/mol. The second-order valence-corrected chi connectivity index (χ2v) is 8.63. The first-order valence-corrected chi connectivity index (χ1v) is 10.9. The summed E-state index contributed by atoms with van der Waals surface area (Å²) >= 11 is 12.1. The average molecular weight is 468 g/mol. The fourth-order valence-electron chi connectivity index (χ4n) is 3.50. The number of anilines is 1. The second kappa shape index (κ2) is 9.18. The molecule has 0 atom stereocenters. The van der Waals surface area contributed by atoms with Gasteiger partial charge in [0, 0.05) is 23.0 Å². The summed E-state index contributed by atoms with van der Waals surface area (Å²) in [5.74, 6) is 0.293. The quantitative estimate of drug-likeness (QED) is 0.397. The molecule has 6 nitrogen and oxygen atoms in total. The Balaban J connectivity index is 1.42. The molecule has 2 aromatic heterocycles. The summed E-state index contributed by atoms with van der Waals surface area (Å²) in [6.07, 6.45) is 0. The number of aromatic nitrogens is 4. The number of nitrogens with zero attached hydrogens (tertiary/aromatic N) is 4. The molecule has 164 valence electrons. The van der Waals surface area contributed by atoms with E-state index in [0.29, 0.717) is 34.5 Å². The summed E-state index contributed by atoms with van der Waals surface area (Å²) in [7, 11) is 0. The summed E-state index contributed by atoms with van der Waals surface area (Å²) in [6, 6.07) is 16.9. The van der Waals surface area contributed by atoms with E-state index in [1.165, 1.54) is 0 Å². The van der Waals surface area contributed by atoms with Gasteiger partial charge in [0.15, 0.2) is 5.82 Å². The molecule has 0 aliphatic carbocycles. The SMILES string of the molecule is Cc1cc(C)n(Cc2ccc(C(=O)Nc3cc(C)n(Cc4ccc(Cl)c(Cl)c4)n3)cc2)n1. The molecule has 0 saturated carbocycles. The molecular weight excluding hydrogens is 445 g/mol. The smallest absolute Gasteiger partial charge is 0.256 e. The minimum Gasteiger partial charge on any atom is -0.305 e. The van der Waals surface area contributed by atoms with Gasteiger partial charge in [0.1, 0.15) is 0 Å². The third kappa shape index (κ3) is 5.03. The lowest BCUT2D eigenvalue weighted by Gasteiger charge is -2.07. The number of carbonyl (C=O) groups is 1. The number of amides is 1. The van der Waals surface area contributed by atoms with Gasteiger partial charge in [-0.15, -0.1) is 0 Å². The Hall–Kier alpha value is -3.09. The highest BCUT2D eigenvalue weighted by Crippen LogP contribution is 2.23. The van der Waals surface area contributed by atoms with Crippen LogP contribution in [0.3, 0.4) is 0 Å². The number of nitrogens with one attached hydrogen (secondary N) is 1. The van der Waals surface area contributed by atoms with Crippen molar-refractivity contribution in [2.24, 2.45) is 0 Å². The van der Waals surface area contributed by atoms with E-state index >= 15 is 0 Å². The summed E-state index contributed by atoms with van der Waals surface area (Å²) < 4.78 is 3.76. The number of aryl methyl sites for hydroxylation is 3. The zero-order valence-electron chi connectivity index (χ0n) is 18.1. The second-order valence-electron chi connectivity index (χ2n) is 7.81. The third-order valence-electron chi connectivity index (χ3n) is 5.19. The van der Waals surface area contributed by atoms with Gasteiger partial charge in [0.05, 0.1) is 28.8 Å². The van der Waals surface area contributed by atoms with Gasteiger partial charge in [-0.3, -0.25) is 14.2 Å². The van der Waals surface area contributed by atoms with Crippen molar-refractivity contribution >= 4 is 34.9 Å². The average Bonchev–Trinajstić information content (AvgIpc) is 3.25. The highest BCUT2D eigenvalue weighted by atomic mass is 35.5. The van der Waals surface area contributed by atoms with E-state index in [1.807, 2.05) is 78.7 Å². The van der Waals surface area contributed by atoms with Crippen LogP contribution in [0.1, 0.15) is 38.6 Å². The molecule has 0 spiro atoms. The van der Waals surface area contributed by atoms with Crippen LogP contribution in [0, 0.1) is 20.8 Å². The van der Waals surface area contributed by atoms with E-state index in [4.69, 9.17) is 23.2 Å². The van der Waals surface area contributed by atoms with E-state index in [-0.39, 0.29) is 5.91 Å². The number of halogens is 2. The van der Waals surface area contributed by atoms with Crippen molar-refractivity contribution < 1.29 is 4.79 Å². The molecule has 1 N–H and O–H groups in total. The zero-order chi connectivity index (χ0) is 22.8. The van der Waals surface area contributed by atoms with Gasteiger partial charge in [-0.05, 0) is 62.2 Å². The molecule has 2 aromatic carbocycles. The minimum atomic E-state index is -0.207. The first-order chi connectivity index (χ1) is 15.3. The van der Waals surface area contributed by atoms with Crippen LogP contribution >= 0.6 is 23.2 Å². The molecule has 32 heavy (non-hydrogen) atoms. The van der Waals surface area contributed by atoms with Crippen LogP contribution in [-0.2, 0) is 13.1 Å². The van der Waals surface area contributed by atoms with E-state index in [0.717, 1.165) is 28.2 Å². The lowest BCUT2D eigenvalue weighted by molar-refractivity contribution is 0.102. The van der Waals surface area contributed by atoms with E-state index in [9.17, 15) is 4.79 Å². The lowest BCUT2D eigenvalue weighted by atomic mass is 10.1. The molecule has 1 amide bonds. The van der Waals surface area contributed by atoms with Crippen LogP contribution in [0.5, 0.6) is 0 Å². The van der Waals surface area contributed by atoms with Gasteiger partial charge in [-0.2, -0.15) is 10.2 Å². The van der Waals surface area contributed by atoms with Crippen LogP contribution in [0.2, 0.25) is 10.0 Å². The normalized spacial score (nSPS) is 11.0. The maximum Gasteiger partial charge on any atom is 0.256 e. The first-order valence-electron chi connectivity index (χ1n) is 10.2. The Morgan fingerprint density at radius 1 is 0.812 bits per heavy atom. The Morgan fingerprint density at radius 2 is 1.44 bits per heavy atom. The molecule has 2 heterocycles. The van der Waals surface area contributed by atoms with Crippen molar-refractivity contribution in [1.82, 2.24) is 19.6 Å². The highest BCUT2D eigenvalue weighted by molar-refractivity contribution is 6.42. The number of hydrogen-bond acceptors (Lipinski definition) is 3. The van der Waals surface area contributed by atoms with E-state index in [2.05, 4.69) is 15.5 Å². The van der Waals surface area contributed by atoms with Crippen LogP contribution in [0.25, 0.3) is 0 Å². The molecule has 0 unspecified atom stereocenters. The minimum absolute atomic E-state index is 0.207. The van der Waals surface area contributed by atoms with E-state index in [1.54, 1.807) is 6.07 Å². The van der Waals surface area contributed by atoms with Gasteiger partial charge < -0.3 is 5.32 Å². The summed E-state index contributed by atoms with van der Waals surface area (Å²) in [5, 5.41) is 12.9. The Labute approximate surface area is 196 Å². The maximum absolute atomic E-state index is 12.7. The van der Waals surface area contributed by atoms with Gasteiger partial charge in [0.25, 0.3) is 5.91 Å². The maximum atomic E-state index is 12.7. The Morgan fingerprint density at radius 3 is 2.09 bits per heavy atom. The molecule has 0 bridgehead atoms. The van der Waals surface area contributed by atoms with Crippen molar-refractivity contribution in [3.8, 4) is 0 Å². The van der Waals surface area contributed by atoms with Crippen molar-refractivity contribution in [2.75, 3.05) is 5.32 Å². The standard InChI is InChI=1S/C24H23Cl2N5O/c1-15-10-16(2)30(28-15)13-18-4-7-20(8-5-18)24(32)27-23-11-17(3)31(29-23)14-19-6-9-21(25)22(26)12-19/h4-12H,13-14H2,1-3H3,(H,27,29,32). The number of rotatable bonds is 6. The molecule has 0 fully saturated rings. The third-order valence-corrected chi connectivity index (χ3v) is 5.93. The topological polar surface area (TPSA) is 64.7 Å². The fraction of sp³-hybridized carbons (Fsp3) is 0.208. The van der Waals surface area contributed by atoms with Crippen molar-refractivity contribution in [2.45, 2.75) is 33.9 Å². The molecule has 8 heteroatoms. The highest BCUT2D eigenvalue weighted by Gasteiger charge is 2.11. The fourth-order valence-corrected chi connectivity index (χ4v) is 3.82. The Kier molecular flexibility index (Phi) is 6.35. The molecule has 0 saturated heterocycles. The zero-order valence-corrected chi connectivity index (χ0v) is 19.6. The van der Waals surface area contributed by atoms with Gasteiger partial charge in [-0.1, -0.05) is 41.4 Å². The monoisotopic (exact) mass is 467 g/mol. The number of carbonyl (C=O) groups excluding carboxylic acids is 1. The van der Waals surface area contributed by atoms with E-state index < -0.39 is 0 Å². The van der Waals surface area contributed by atoms with Crippen LogP contribution in [0.4, 0.5) is 5.82 Å². The van der Waals surface area contributed by atoms with Gasteiger partial charge >= 0.3 is 0 Å². The first kappa shape index (κ1) is 22.1. The van der Waals surface area contributed by atoms with Crippen LogP contribution < -0.4 is 5.32 Å².